The van der Waals surface area contributed by atoms with E-state index in [1.807, 2.05) is 0 Å². The highest BCUT2D eigenvalue weighted by Crippen LogP contribution is 2.25. The summed E-state index contributed by atoms with van der Waals surface area (Å²) in [6.45, 7) is 2.02. The molecule has 1 N–H and O–H groups in total. The van der Waals surface area contributed by atoms with E-state index in [1.54, 1.807) is 18.3 Å². The van der Waals surface area contributed by atoms with Crippen molar-refractivity contribution < 1.29 is 8.42 Å². The SMILES string of the molecule is O=S(=O)(NCc1ccnc(N2CCCC2)n1)c1ccc(Cl)s1. The van der Waals surface area contributed by atoms with Crippen molar-refractivity contribution in [1.82, 2.24) is 14.7 Å². The molecule has 22 heavy (non-hydrogen) atoms. The lowest BCUT2D eigenvalue weighted by atomic mass is 10.4. The summed E-state index contributed by atoms with van der Waals surface area (Å²) >= 11 is 6.80. The Hall–Kier alpha value is -1.22. The molecule has 6 nitrogen and oxygen atoms in total. The number of halogens is 1. The second kappa shape index (κ2) is 6.49. The van der Waals surface area contributed by atoms with Crippen LogP contribution in [0.3, 0.4) is 0 Å². The third-order valence-corrected chi connectivity index (χ3v) is 6.47. The van der Waals surface area contributed by atoms with E-state index in [1.165, 1.54) is 6.07 Å². The van der Waals surface area contributed by atoms with Crippen molar-refractivity contribution >= 4 is 38.9 Å². The molecular weight excluding hydrogens is 344 g/mol. The first-order chi connectivity index (χ1) is 10.5. The largest absolute Gasteiger partial charge is 0.341 e. The Balaban J connectivity index is 1.69. The summed E-state index contributed by atoms with van der Waals surface area (Å²) in [6.07, 6.45) is 3.94. The molecule has 0 spiro atoms. The van der Waals surface area contributed by atoms with Gasteiger partial charge in [0.2, 0.25) is 16.0 Å². The van der Waals surface area contributed by atoms with E-state index in [9.17, 15) is 8.42 Å². The number of aromatic nitrogens is 2. The summed E-state index contributed by atoms with van der Waals surface area (Å²) in [5.74, 6) is 0.661. The van der Waals surface area contributed by atoms with Gasteiger partial charge < -0.3 is 4.90 Å². The molecule has 1 aliphatic rings. The summed E-state index contributed by atoms with van der Waals surface area (Å²) in [7, 11) is -3.56. The summed E-state index contributed by atoms with van der Waals surface area (Å²) in [4.78, 5) is 10.8. The lowest BCUT2D eigenvalue weighted by Gasteiger charge is -2.15. The van der Waals surface area contributed by atoms with Crippen LogP contribution in [0.2, 0.25) is 4.34 Å². The van der Waals surface area contributed by atoms with Crippen LogP contribution in [-0.2, 0) is 16.6 Å². The van der Waals surface area contributed by atoms with Crippen molar-refractivity contribution in [2.75, 3.05) is 18.0 Å². The smallest absolute Gasteiger partial charge is 0.250 e. The van der Waals surface area contributed by atoms with E-state index in [-0.39, 0.29) is 10.8 Å². The van der Waals surface area contributed by atoms with Crippen LogP contribution in [0.15, 0.2) is 28.6 Å². The average Bonchev–Trinajstić information content (AvgIpc) is 3.17. The molecule has 2 aromatic heterocycles. The van der Waals surface area contributed by atoms with E-state index in [0.717, 1.165) is 37.3 Å². The van der Waals surface area contributed by atoms with Crippen LogP contribution in [0.5, 0.6) is 0 Å². The van der Waals surface area contributed by atoms with Gasteiger partial charge in [-0.2, -0.15) is 0 Å². The monoisotopic (exact) mass is 358 g/mol. The van der Waals surface area contributed by atoms with E-state index < -0.39 is 10.0 Å². The maximum absolute atomic E-state index is 12.1. The molecule has 0 radical (unpaired) electrons. The zero-order valence-electron chi connectivity index (χ0n) is 11.7. The highest BCUT2D eigenvalue weighted by atomic mass is 35.5. The molecule has 118 valence electrons. The predicted molar refractivity (Wildman–Crippen MR) is 86.8 cm³/mol. The van der Waals surface area contributed by atoms with Crippen molar-refractivity contribution in [1.29, 1.82) is 0 Å². The minimum absolute atomic E-state index is 0.126. The molecule has 3 heterocycles. The van der Waals surface area contributed by atoms with Crippen LogP contribution in [0.25, 0.3) is 0 Å². The Morgan fingerprint density at radius 1 is 1.27 bits per heavy atom. The van der Waals surface area contributed by atoms with Gasteiger partial charge in [0.05, 0.1) is 16.6 Å². The first-order valence-electron chi connectivity index (χ1n) is 6.86. The van der Waals surface area contributed by atoms with E-state index in [0.29, 0.717) is 16.0 Å². The molecule has 0 saturated carbocycles. The van der Waals surface area contributed by atoms with Gasteiger partial charge in [-0.3, -0.25) is 0 Å². The fourth-order valence-corrected chi connectivity index (χ4v) is 4.76. The molecule has 9 heteroatoms. The Morgan fingerprint density at radius 3 is 2.73 bits per heavy atom. The molecule has 0 bridgehead atoms. The van der Waals surface area contributed by atoms with Gasteiger partial charge in [-0.1, -0.05) is 11.6 Å². The second-order valence-corrected chi connectivity index (χ2v) is 8.63. The van der Waals surface area contributed by atoms with Crippen molar-refractivity contribution in [2.45, 2.75) is 23.6 Å². The summed E-state index contributed by atoms with van der Waals surface area (Å²) in [6, 6.07) is 4.77. The fourth-order valence-electron chi connectivity index (χ4n) is 2.23. The topological polar surface area (TPSA) is 75.2 Å². The number of anilines is 1. The lowest BCUT2D eigenvalue weighted by molar-refractivity contribution is 0.582. The number of rotatable bonds is 5. The minimum Gasteiger partial charge on any atom is -0.341 e. The molecular formula is C13H15ClN4O2S2. The van der Waals surface area contributed by atoms with Crippen molar-refractivity contribution in [3.05, 3.63) is 34.4 Å². The zero-order valence-corrected chi connectivity index (χ0v) is 14.1. The van der Waals surface area contributed by atoms with E-state index in [4.69, 9.17) is 11.6 Å². The molecule has 0 aliphatic carbocycles. The van der Waals surface area contributed by atoms with Gasteiger partial charge in [-0.05, 0) is 31.0 Å². The van der Waals surface area contributed by atoms with Gasteiger partial charge in [-0.15, -0.1) is 11.3 Å². The Bertz CT molecular complexity index is 757. The number of nitrogens with one attached hydrogen (secondary N) is 1. The van der Waals surface area contributed by atoms with Gasteiger partial charge in [0.25, 0.3) is 0 Å². The zero-order chi connectivity index (χ0) is 15.6. The average molecular weight is 359 g/mol. The normalized spacial score (nSPS) is 15.4. The highest BCUT2D eigenvalue weighted by Gasteiger charge is 2.18. The predicted octanol–water partition coefficient (Wildman–Crippen LogP) is 2.27. The third kappa shape index (κ3) is 3.57. The van der Waals surface area contributed by atoms with Crippen LogP contribution in [0, 0.1) is 0 Å². The Morgan fingerprint density at radius 2 is 2.05 bits per heavy atom. The second-order valence-electron chi connectivity index (χ2n) is 4.93. The molecule has 2 aromatic rings. The molecule has 1 aliphatic heterocycles. The molecule has 1 fully saturated rings. The first kappa shape index (κ1) is 15.7. The summed E-state index contributed by atoms with van der Waals surface area (Å²) in [5, 5.41) is 0. The van der Waals surface area contributed by atoms with Crippen molar-refractivity contribution in [3.63, 3.8) is 0 Å². The van der Waals surface area contributed by atoms with Gasteiger partial charge in [0.1, 0.15) is 4.21 Å². The number of sulfonamides is 1. The molecule has 3 rings (SSSR count). The van der Waals surface area contributed by atoms with Crippen LogP contribution in [0.4, 0.5) is 5.95 Å². The maximum Gasteiger partial charge on any atom is 0.250 e. The molecule has 0 atom stereocenters. The fraction of sp³-hybridized carbons (Fsp3) is 0.385. The standard InChI is InChI=1S/C13H15ClN4O2S2/c14-11-3-4-12(21-11)22(19,20)16-9-10-5-6-15-13(17-10)18-7-1-2-8-18/h3-6,16H,1-2,7-9H2. The molecule has 1 saturated heterocycles. The van der Waals surface area contributed by atoms with Gasteiger partial charge in [0, 0.05) is 19.3 Å². The van der Waals surface area contributed by atoms with E-state index >= 15 is 0 Å². The summed E-state index contributed by atoms with van der Waals surface area (Å²) < 4.78 is 27.5. The molecule has 0 amide bonds. The van der Waals surface area contributed by atoms with E-state index in [2.05, 4.69) is 19.6 Å². The van der Waals surface area contributed by atoms with Crippen molar-refractivity contribution in [2.24, 2.45) is 0 Å². The third-order valence-electron chi connectivity index (χ3n) is 3.35. The molecule has 0 unspecified atom stereocenters. The van der Waals surface area contributed by atoms with Gasteiger partial charge in [0.15, 0.2) is 0 Å². The van der Waals surface area contributed by atoms with Crippen LogP contribution in [-0.4, -0.2) is 31.5 Å². The Kier molecular flexibility index (Phi) is 4.62. The lowest BCUT2D eigenvalue weighted by Crippen LogP contribution is -2.24. The minimum atomic E-state index is -3.56. The summed E-state index contributed by atoms with van der Waals surface area (Å²) in [5.41, 5.74) is 0.642. The van der Waals surface area contributed by atoms with Crippen LogP contribution < -0.4 is 9.62 Å². The number of thiophene rings is 1. The number of nitrogens with zero attached hydrogens (tertiary/aromatic N) is 3. The molecule has 0 aromatic carbocycles. The quantitative estimate of drug-likeness (QED) is 0.887. The highest BCUT2D eigenvalue weighted by molar-refractivity contribution is 7.91. The Labute approximate surface area is 138 Å². The number of hydrogen-bond donors (Lipinski definition) is 1. The van der Waals surface area contributed by atoms with Crippen molar-refractivity contribution in [3.8, 4) is 0 Å². The van der Waals surface area contributed by atoms with Crippen LogP contribution in [0.1, 0.15) is 18.5 Å². The van der Waals surface area contributed by atoms with Gasteiger partial charge in [-0.25, -0.2) is 23.1 Å². The van der Waals surface area contributed by atoms with Crippen LogP contribution >= 0.6 is 22.9 Å². The number of hydrogen-bond acceptors (Lipinski definition) is 6. The van der Waals surface area contributed by atoms with Gasteiger partial charge >= 0.3 is 0 Å². The maximum atomic E-state index is 12.1. The first-order valence-corrected chi connectivity index (χ1v) is 9.54.